The van der Waals surface area contributed by atoms with Crippen LogP contribution in [0.5, 0.6) is 0 Å². The number of rotatable bonds is 3. The van der Waals surface area contributed by atoms with Crippen LogP contribution in [-0.4, -0.2) is 65.6 Å². The van der Waals surface area contributed by atoms with E-state index in [0.29, 0.717) is 56.4 Å². The smallest absolute Gasteiger partial charge is 0.270 e. The van der Waals surface area contributed by atoms with Crippen molar-refractivity contribution in [3.8, 4) is 17.7 Å². The van der Waals surface area contributed by atoms with Gasteiger partial charge in [-0.15, -0.1) is 0 Å². The monoisotopic (exact) mass is 382 g/mol. The number of furan rings is 1. The molecule has 2 aromatic heterocycles. The largest absolute Gasteiger partial charge is 0.459 e. The van der Waals surface area contributed by atoms with Crippen LogP contribution in [0.4, 0.5) is 5.88 Å². The summed E-state index contributed by atoms with van der Waals surface area (Å²) in [6.45, 7) is 1.90. The summed E-state index contributed by atoms with van der Waals surface area (Å²) in [5.74, 6) is 0.822. The van der Waals surface area contributed by atoms with Crippen molar-refractivity contribution in [2.24, 2.45) is 5.10 Å². The van der Waals surface area contributed by atoms with Crippen molar-refractivity contribution in [1.29, 1.82) is 5.26 Å². The van der Waals surface area contributed by atoms with Crippen molar-refractivity contribution in [2.75, 3.05) is 38.1 Å². The number of amides is 2. The average Bonchev–Trinajstić information content (AvgIpc) is 3.39. The molecule has 0 spiro atoms. The molecule has 0 N–H and O–H groups in total. The van der Waals surface area contributed by atoms with Gasteiger partial charge in [0.15, 0.2) is 5.76 Å². The van der Waals surface area contributed by atoms with Gasteiger partial charge in [0.05, 0.1) is 6.26 Å². The number of hydrogen-bond acceptors (Lipinski definition) is 8. The van der Waals surface area contributed by atoms with E-state index in [4.69, 9.17) is 8.83 Å². The fraction of sp³-hybridized carbons (Fsp3) is 0.389. The molecule has 0 bridgehead atoms. The summed E-state index contributed by atoms with van der Waals surface area (Å²) in [5, 5.41) is 14.7. The first kappa shape index (κ1) is 17.8. The van der Waals surface area contributed by atoms with Crippen LogP contribution in [0.1, 0.15) is 18.5 Å². The van der Waals surface area contributed by atoms with Gasteiger partial charge in [0.2, 0.25) is 17.5 Å². The first-order valence-corrected chi connectivity index (χ1v) is 8.90. The summed E-state index contributed by atoms with van der Waals surface area (Å²) >= 11 is 0. The van der Waals surface area contributed by atoms with E-state index < -0.39 is 0 Å². The van der Waals surface area contributed by atoms with E-state index in [9.17, 15) is 14.9 Å². The van der Waals surface area contributed by atoms with E-state index in [0.717, 1.165) is 0 Å². The van der Waals surface area contributed by atoms with Gasteiger partial charge in [0.1, 0.15) is 11.8 Å². The third-order valence-electron chi connectivity index (χ3n) is 4.76. The first-order chi connectivity index (χ1) is 13.6. The third-order valence-corrected chi connectivity index (χ3v) is 4.76. The van der Waals surface area contributed by atoms with Crippen molar-refractivity contribution in [3.63, 3.8) is 0 Å². The minimum Gasteiger partial charge on any atom is -0.459 e. The molecule has 10 heteroatoms. The predicted molar refractivity (Wildman–Crippen MR) is 97.2 cm³/mol. The normalized spacial score (nSPS) is 17.5. The van der Waals surface area contributed by atoms with Crippen LogP contribution < -0.4 is 4.90 Å². The Kier molecular flexibility index (Phi) is 4.57. The summed E-state index contributed by atoms with van der Waals surface area (Å²) in [7, 11) is 1.55. The summed E-state index contributed by atoms with van der Waals surface area (Å²) < 4.78 is 11.0. The van der Waals surface area contributed by atoms with Gasteiger partial charge in [-0.2, -0.15) is 15.3 Å². The van der Waals surface area contributed by atoms with E-state index in [-0.39, 0.29) is 23.4 Å². The van der Waals surface area contributed by atoms with Gasteiger partial charge in [-0.05, 0) is 12.1 Å². The highest BCUT2D eigenvalue weighted by Gasteiger charge is 2.30. The number of carbonyl (C=O) groups is 2. The molecule has 0 aliphatic carbocycles. The lowest BCUT2D eigenvalue weighted by Gasteiger charge is -2.35. The van der Waals surface area contributed by atoms with Crippen LogP contribution in [0.3, 0.4) is 0 Å². The quantitative estimate of drug-likeness (QED) is 0.778. The molecule has 2 aliphatic heterocycles. The van der Waals surface area contributed by atoms with E-state index in [1.807, 2.05) is 11.0 Å². The molecule has 10 nitrogen and oxygen atoms in total. The molecular formula is C18H18N6O4. The van der Waals surface area contributed by atoms with Crippen molar-refractivity contribution in [1.82, 2.24) is 14.9 Å². The molecule has 0 atom stereocenters. The Morgan fingerprint density at radius 3 is 2.68 bits per heavy atom. The lowest BCUT2D eigenvalue weighted by Crippen LogP contribution is -2.51. The molecule has 0 unspecified atom stereocenters. The highest BCUT2D eigenvalue weighted by Crippen LogP contribution is 2.29. The van der Waals surface area contributed by atoms with Crippen molar-refractivity contribution < 1.29 is 18.4 Å². The van der Waals surface area contributed by atoms with Crippen LogP contribution in [0.15, 0.2) is 32.3 Å². The second kappa shape index (κ2) is 7.19. The molecule has 2 aliphatic rings. The Balaban J connectivity index is 1.45. The zero-order valence-corrected chi connectivity index (χ0v) is 15.3. The first-order valence-electron chi connectivity index (χ1n) is 8.90. The van der Waals surface area contributed by atoms with Crippen molar-refractivity contribution in [3.05, 3.63) is 24.1 Å². The van der Waals surface area contributed by atoms with E-state index >= 15 is 0 Å². The number of nitriles is 1. The molecule has 28 heavy (non-hydrogen) atoms. The second-order valence-electron chi connectivity index (χ2n) is 6.51. The summed E-state index contributed by atoms with van der Waals surface area (Å²) in [5.41, 5.74) is 0.580. The Morgan fingerprint density at radius 2 is 2.04 bits per heavy atom. The van der Waals surface area contributed by atoms with Crippen molar-refractivity contribution in [2.45, 2.75) is 12.8 Å². The van der Waals surface area contributed by atoms with Crippen LogP contribution in [0.2, 0.25) is 0 Å². The Morgan fingerprint density at radius 1 is 1.25 bits per heavy atom. The minimum atomic E-state index is -0.159. The number of piperazine rings is 1. The number of hydrazone groups is 1. The maximum atomic E-state index is 12.7. The third kappa shape index (κ3) is 3.22. The highest BCUT2D eigenvalue weighted by atomic mass is 16.4. The van der Waals surface area contributed by atoms with Gasteiger partial charge in [0.25, 0.3) is 11.8 Å². The molecule has 4 heterocycles. The standard InChI is InChI=1S/C18H18N6O4/c1-22-15(25)5-4-12(21-22)17(26)23-6-8-24(9-7-23)18-13(11-19)20-16(28-18)14-3-2-10-27-14/h2-3,10H,4-9H2,1H3. The number of anilines is 1. The topological polar surface area (TPSA) is 119 Å². The number of hydrogen-bond donors (Lipinski definition) is 0. The zero-order chi connectivity index (χ0) is 19.7. The van der Waals surface area contributed by atoms with Gasteiger partial charge in [0, 0.05) is 46.1 Å². The minimum absolute atomic E-state index is 0.0944. The Bertz CT molecular complexity index is 963. The summed E-state index contributed by atoms with van der Waals surface area (Å²) in [4.78, 5) is 32.0. The van der Waals surface area contributed by atoms with Crippen LogP contribution in [-0.2, 0) is 9.59 Å². The van der Waals surface area contributed by atoms with Gasteiger partial charge >= 0.3 is 0 Å². The summed E-state index contributed by atoms with van der Waals surface area (Å²) in [6, 6.07) is 5.47. The second-order valence-corrected chi connectivity index (χ2v) is 6.51. The van der Waals surface area contributed by atoms with Gasteiger partial charge in [-0.3, -0.25) is 9.59 Å². The van der Waals surface area contributed by atoms with Crippen molar-refractivity contribution >= 4 is 23.4 Å². The maximum Gasteiger partial charge on any atom is 0.270 e. The molecule has 144 valence electrons. The Hall–Kier alpha value is -3.61. The molecule has 0 aromatic carbocycles. The molecule has 0 saturated carbocycles. The van der Waals surface area contributed by atoms with Gasteiger partial charge in [-0.1, -0.05) is 0 Å². The fourth-order valence-corrected chi connectivity index (χ4v) is 3.22. The van der Waals surface area contributed by atoms with E-state index in [1.54, 1.807) is 24.1 Å². The number of aromatic nitrogens is 1. The summed E-state index contributed by atoms with van der Waals surface area (Å²) in [6.07, 6.45) is 2.16. The van der Waals surface area contributed by atoms with E-state index in [2.05, 4.69) is 10.1 Å². The Labute approximate surface area is 160 Å². The SMILES string of the molecule is CN1N=C(C(=O)N2CCN(c3oc(-c4ccco4)nc3C#N)CC2)CCC1=O. The molecule has 4 rings (SSSR count). The van der Waals surface area contributed by atoms with Crippen LogP contribution in [0.25, 0.3) is 11.7 Å². The van der Waals surface area contributed by atoms with Gasteiger partial charge in [-0.25, -0.2) is 5.01 Å². The lowest BCUT2D eigenvalue weighted by molar-refractivity contribution is -0.130. The zero-order valence-electron chi connectivity index (χ0n) is 15.3. The van der Waals surface area contributed by atoms with Crippen LogP contribution >= 0.6 is 0 Å². The molecule has 0 radical (unpaired) electrons. The lowest BCUT2D eigenvalue weighted by atomic mass is 10.1. The predicted octanol–water partition coefficient (Wildman–Crippen LogP) is 1.06. The number of nitrogens with zero attached hydrogens (tertiary/aromatic N) is 6. The molecule has 1 fully saturated rings. The molecule has 2 amide bonds. The average molecular weight is 382 g/mol. The van der Waals surface area contributed by atoms with E-state index in [1.165, 1.54) is 11.3 Å². The molecule has 2 aromatic rings. The molecular weight excluding hydrogens is 364 g/mol. The maximum absolute atomic E-state index is 12.7. The fourth-order valence-electron chi connectivity index (χ4n) is 3.22. The number of oxazole rings is 1. The molecule has 1 saturated heterocycles. The van der Waals surface area contributed by atoms with Crippen LogP contribution in [0, 0.1) is 11.3 Å². The van der Waals surface area contributed by atoms with Gasteiger partial charge < -0.3 is 18.6 Å². The number of carbonyl (C=O) groups excluding carboxylic acids is 2. The highest BCUT2D eigenvalue weighted by molar-refractivity contribution is 6.39.